The zero-order valence-corrected chi connectivity index (χ0v) is 12.6. The Morgan fingerprint density at radius 2 is 1.36 bits per heavy atom. The van der Waals surface area contributed by atoms with Crippen LogP contribution in [-0.2, 0) is 5.54 Å². The van der Waals surface area contributed by atoms with Gasteiger partial charge in [-0.15, -0.1) is 0 Å². The van der Waals surface area contributed by atoms with E-state index in [4.69, 9.17) is 10.2 Å². The summed E-state index contributed by atoms with van der Waals surface area (Å²) in [7, 11) is 0. The summed E-state index contributed by atoms with van der Waals surface area (Å²) in [5, 5.41) is 9.77. The Morgan fingerprint density at radius 1 is 0.773 bits per heavy atom. The largest absolute Gasteiger partial charge is 0.189 e. The summed E-state index contributed by atoms with van der Waals surface area (Å²) in [6, 6.07) is 22.1. The van der Waals surface area contributed by atoms with Crippen LogP contribution >= 0.6 is 0 Å². The SMILES string of the molecule is c1ccc(C2(c3ccccc3)N=N[C@H]3[C@@H]4CC[C@H](C4)[C@H]32)cc1. The van der Waals surface area contributed by atoms with Crippen LogP contribution in [0.4, 0.5) is 0 Å². The second-order valence-electron chi connectivity index (χ2n) is 7.06. The summed E-state index contributed by atoms with van der Waals surface area (Å²) < 4.78 is 0. The van der Waals surface area contributed by atoms with Gasteiger partial charge in [-0.2, -0.15) is 10.2 Å². The van der Waals surface area contributed by atoms with Gasteiger partial charge in [-0.05, 0) is 42.2 Å². The first-order valence-corrected chi connectivity index (χ1v) is 8.42. The van der Waals surface area contributed by atoms with Gasteiger partial charge in [0.2, 0.25) is 0 Å². The maximum Gasteiger partial charge on any atom is 0.136 e. The molecule has 5 rings (SSSR count). The van der Waals surface area contributed by atoms with E-state index in [1.54, 1.807) is 0 Å². The molecule has 2 bridgehead atoms. The van der Waals surface area contributed by atoms with Crippen LogP contribution in [0.2, 0.25) is 0 Å². The molecular weight excluding hydrogens is 268 g/mol. The molecule has 110 valence electrons. The van der Waals surface area contributed by atoms with E-state index < -0.39 is 0 Å². The standard InChI is InChI=1S/C20H20N2/c1-3-7-16(8-4-1)20(17-9-5-2-6-10-17)18-14-11-12-15(13-14)19(18)21-22-20/h1-10,14-15,18-19H,11-13H2/t14-,15-,18-,19+/m1/s1. The van der Waals surface area contributed by atoms with Crippen molar-refractivity contribution in [1.29, 1.82) is 0 Å². The molecule has 0 unspecified atom stereocenters. The lowest BCUT2D eigenvalue weighted by Gasteiger charge is -2.37. The van der Waals surface area contributed by atoms with Crippen molar-refractivity contribution in [3.05, 3.63) is 71.8 Å². The van der Waals surface area contributed by atoms with Crippen LogP contribution in [0.15, 0.2) is 70.9 Å². The molecule has 0 radical (unpaired) electrons. The zero-order valence-electron chi connectivity index (χ0n) is 12.6. The molecule has 0 amide bonds. The highest BCUT2D eigenvalue weighted by Gasteiger charge is 2.61. The predicted molar refractivity (Wildman–Crippen MR) is 86.6 cm³/mol. The quantitative estimate of drug-likeness (QED) is 0.757. The van der Waals surface area contributed by atoms with E-state index in [2.05, 4.69) is 60.7 Å². The summed E-state index contributed by atoms with van der Waals surface area (Å²) >= 11 is 0. The minimum atomic E-state index is -0.257. The number of hydrogen-bond acceptors (Lipinski definition) is 2. The number of fused-ring (bicyclic) bond motifs is 5. The van der Waals surface area contributed by atoms with Gasteiger partial charge in [-0.25, -0.2) is 0 Å². The Labute approximate surface area is 131 Å². The van der Waals surface area contributed by atoms with Crippen LogP contribution in [0.5, 0.6) is 0 Å². The molecule has 2 saturated carbocycles. The third kappa shape index (κ3) is 1.50. The van der Waals surface area contributed by atoms with Gasteiger partial charge in [-0.1, -0.05) is 60.7 Å². The van der Waals surface area contributed by atoms with Gasteiger partial charge < -0.3 is 0 Å². The summed E-state index contributed by atoms with van der Waals surface area (Å²) in [6.07, 6.45) is 4.07. The fourth-order valence-electron chi connectivity index (χ4n) is 5.29. The Balaban J connectivity index is 1.73. The van der Waals surface area contributed by atoms with Gasteiger partial charge in [0.25, 0.3) is 0 Å². The first kappa shape index (κ1) is 12.6. The number of hydrogen-bond donors (Lipinski definition) is 0. The molecule has 2 nitrogen and oxygen atoms in total. The summed E-state index contributed by atoms with van der Waals surface area (Å²) in [5.41, 5.74) is 2.36. The zero-order chi connectivity index (χ0) is 14.6. The monoisotopic (exact) mass is 288 g/mol. The van der Waals surface area contributed by atoms with E-state index in [0.717, 1.165) is 11.8 Å². The van der Waals surface area contributed by atoms with E-state index in [1.807, 2.05) is 0 Å². The molecule has 4 atom stereocenters. The summed E-state index contributed by atoms with van der Waals surface area (Å²) in [5.74, 6) is 2.11. The molecule has 2 aromatic rings. The molecule has 22 heavy (non-hydrogen) atoms. The van der Waals surface area contributed by atoms with E-state index in [-0.39, 0.29) is 5.54 Å². The third-order valence-corrected chi connectivity index (χ3v) is 6.13. The molecule has 3 aliphatic rings. The maximum absolute atomic E-state index is 4.96. The van der Waals surface area contributed by atoms with Crippen molar-refractivity contribution in [2.45, 2.75) is 30.8 Å². The minimum absolute atomic E-state index is 0.257. The highest BCUT2D eigenvalue weighted by molar-refractivity contribution is 5.42. The van der Waals surface area contributed by atoms with Gasteiger partial charge in [0.05, 0.1) is 6.04 Å². The van der Waals surface area contributed by atoms with Crippen molar-refractivity contribution in [3.63, 3.8) is 0 Å². The third-order valence-electron chi connectivity index (χ3n) is 6.13. The van der Waals surface area contributed by atoms with Gasteiger partial charge in [0.1, 0.15) is 5.54 Å². The molecule has 0 spiro atoms. The molecule has 2 aliphatic carbocycles. The van der Waals surface area contributed by atoms with Crippen LogP contribution in [0.1, 0.15) is 30.4 Å². The van der Waals surface area contributed by atoms with Gasteiger partial charge in [-0.3, -0.25) is 0 Å². The molecule has 1 aliphatic heterocycles. The first-order chi connectivity index (χ1) is 10.9. The molecule has 2 fully saturated rings. The lowest BCUT2D eigenvalue weighted by molar-refractivity contribution is 0.236. The van der Waals surface area contributed by atoms with Crippen molar-refractivity contribution in [2.24, 2.45) is 28.0 Å². The van der Waals surface area contributed by atoms with E-state index in [1.165, 1.54) is 30.4 Å². The average molecular weight is 288 g/mol. The van der Waals surface area contributed by atoms with Gasteiger partial charge in [0.15, 0.2) is 0 Å². The summed E-state index contributed by atoms with van der Waals surface area (Å²) in [6.45, 7) is 0. The van der Waals surface area contributed by atoms with Crippen molar-refractivity contribution in [2.75, 3.05) is 0 Å². The molecule has 0 aromatic heterocycles. The molecule has 0 saturated heterocycles. The van der Waals surface area contributed by atoms with E-state index >= 15 is 0 Å². The predicted octanol–water partition coefficient (Wildman–Crippen LogP) is 4.81. The first-order valence-electron chi connectivity index (χ1n) is 8.42. The van der Waals surface area contributed by atoms with Crippen LogP contribution in [0.3, 0.4) is 0 Å². The van der Waals surface area contributed by atoms with Crippen LogP contribution in [0, 0.1) is 17.8 Å². The number of azo groups is 1. The molecule has 0 N–H and O–H groups in total. The molecule has 2 aromatic carbocycles. The maximum atomic E-state index is 4.96. The second-order valence-corrected chi connectivity index (χ2v) is 7.06. The van der Waals surface area contributed by atoms with Crippen LogP contribution in [-0.4, -0.2) is 6.04 Å². The molecule has 2 heteroatoms. The highest BCUT2D eigenvalue weighted by Crippen LogP contribution is 2.62. The number of rotatable bonds is 2. The lowest BCUT2D eigenvalue weighted by atomic mass is 9.66. The smallest absolute Gasteiger partial charge is 0.136 e. The van der Waals surface area contributed by atoms with Crippen molar-refractivity contribution in [1.82, 2.24) is 0 Å². The van der Waals surface area contributed by atoms with Gasteiger partial charge in [0, 0.05) is 5.92 Å². The van der Waals surface area contributed by atoms with Gasteiger partial charge >= 0.3 is 0 Å². The molecule has 1 heterocycles. The normalized spacial score (nSPS) is 34.0. The Bertz CT molecular complexity index is 668. The van der Waals surface area contributed by atoms with E-state index in [0.29, 0.717) is 12.0 Å². The second kappa shape index (κ2) is 4.52. The number of nitrogens with zero attached hydrogens (tertiary/aromatic N) is 2. The topological polar surface area (TPSA) is 24.7 Å². The fourth-order valence-corrected chi connectivity index (χ4v) is 5.29. The number of benzene rings is 2. The Kier molecular flexibility index (Phi) is 2.58. The summed E-state index contributed by atoms with van der Waals surface area (Å²) in [4.78, 5) is 0. The van der Waals surface area contributed by atoms with E-state index in [9.17, 15) is 0 Å². The average Bonchev–Trinajstić information content (AvgIpc) is 3.29. The Hall–Kier alpha value is -1.96. The fraction of sp³-hybridized carbons (Fsp3) is 0.400. The van der Waals surface area contributed by atoms with Crippen molar-refractivity contribution < 1.29 is 0 Å². The van der Waals surface area contributed by atoms with Crippen molar-refractivity contribution >= 4 is 0 Å². The Morgan fingerprint density at radius 3 is 2.00 bits per heavy atom. The van der Waals surface area contributed by atoms with Crippen LogP contribution < -0.4 is 0 Å². The lowest BCUT2D eigenvalue weighted by Crippen LogP contribution is -2.39. The highest BCUT2D eigenvalue weighted by atomic mass is 15.2. The minimum Gasteiger partial charge on any atom is -0.189 e. The van der Waals surface area contributed by atoms with Crippen LogP contribution in [0.25, 0.3) is 0 Å². The molecular formula is C20H20N2. The van der Waals surface area contributed by atoms with Crippen molar-refractivity contribution in [3.8, 4) is 0 Å².